The van der Waals surface area contributed by atoms with Crippen molar-refractivity contribution >= 4 is 11.3 Å². The van der Waals surface area contributed by atoms with Gasteiger partial charge in [0.15, 0.2) is 0 Å². The first kappa shape index (κ1) is 11.0. The van der Waals surface area contributed by atoms with Crippen LogP contribution < -0.4 is 0 Å². The van der Waals surface area contributed by atoms with Crippen LogP contribution in [0.15, 0.2) is 36.4 Å². The van der Waals surface area contributed by atoms with E-state index in [0.717, 1.165) is 5.92 Å². The van der Waals surface area contributed by atoms with E-state index in [9.17, 15) is 0 Å². The highest BCUT2D eigenvalue weighted by atomic mass is 32.1. The lowest BCUT2D eigenvalue weighted by molar-refractivity contribution is 0.558. The Balaban J connectivity index is 2.04. The van der Waals surface area contributed by atoms with E-state index in [1.165, 1.54) is 18.4 Å². The lowest BCUT2D eigenvalue weighted by Gasteiger charge is -2.16. The first-order valence-electron chi connectivity index (χ1n) is 6.46. The molecule has 1 aliphatic carbocycles. The van der Waals surface area contributed by atoms with Crippen molar-refractivity contribution in [2.24, 2.45) is 5.92 Å². The molecule has 2 aromatic rings. The van der Waals surface area contributed by atoms with Crippen LogP contribution in [0.3, 0.4) is 0 Å². The second-order valence-corrected chi connectivity index (χ2v) is 6.24. The molecular weight excluding hydrogens is 224 g/mol. The minimum absolute atomic E-state index is 0.628. The van der Waals surface area contributed by atoms with Gasteiger partial charge in [-0.3, -0.25) is 0 Å². The molecule has 0 saturated carbocycles. The van der Waals surface area contributed by atoms with Crippen LogP contribution >= 0.6 is 11.3 Å². The smallest absolute Gasteiger partial charge is 0.0129 e. The SMILES string of the molecule is CCc1cc2c(s1)C[C@H](C)[C@@H]2c1ccccc1. The number of fused-ring (bicyclic) bond motifs is 1. The summed E-state index contributed by atoms with van der Waals surface area (Å²) < 4.78 is 0. The molecule has 0 bridgehead atoms. The summed E-state index contributed by atoms with van der Waals surface area (Å²) in [4.78, 5) is 3.17. The summed E-state index contributed by atoms with van der Waals surface area (Å²) in [6.07, 6.45) is 2.44. The van der Waals surface area contributed by atoms with Crippen LogP contribution in [-0.4, -0.2) is 0 Å². The summed E-state index contributed by atoms with van der Waals surface area (Å²) in [5, 5.41) is 0. The normalized spacial score (nSPS) is 22.7. The Morgan fingerprint density at radius 1 is 1.24 bits per heavy atom. The van der Waals surface area contributed by atoms with Gasteiger partial charge in [0.1, 0.15) is 0 Å². The number of benzene rings is 1. The quantitative estimate of drug-likeness (QED) is 0.720. The van der Waals surface area contributed by atoms with E-state index < -0.39 is 0 Å². The Morgan fingerprint density at radius 2 is 2.00 bits per heavy atom. The molecular formula is C16H18S. The van der Waals surface area contributed by atoms with E-state index >= 15 is 0 Å². The topological polar surface area (TPSA) is 0 Å². The summed E-state index contributed by atoms with van der Waals surface area (Å²) in [5.74, 6) is 1.38. The fraction of sp³-hybridized carbons (Fsp3) is 0.375. The standard InChI is InChI=1S/C16H18S/c1-3-13-10-14-15(17-13)9-11(2)16(14)12-7-5-4-6-8-12/h4-8,10-11,16H,3,9H2,1-2H3/t11-,16+/m0/s1. The van der Waals surface area contributed by atoms with Gasteiger partial charge in [0.05, 0.1) is 0 Å². The van der Waals surface area contributed by atoms with Crippen LogP contribution in [-0.2, 0) is 12.8 Å². The number of rotatable bonds is 2. The van der Waals surface area contributed by atoms with E-state index in [1.54, 1.807) is 15.3 Å². The predicted molar refractivity (Wildman–Crippen MR) is 74.9 cm³/mol. The molecule has 0 unspecified atom stereocenters. The highest BCUT2D eigenvalue weighted by molar-refractivity contribution is 7.12. The molecule has 0 N–H and O–H groups in total. The first-order chi connectivity index (χ1) is 8.29. The largest absolute Gasteiger partial charge is 0.145 e. The number of aryl methyl sites for hydroxylation is 1. The van der Waals surface area contributed by atoms with Crippen LogP contribution in [0.25, 0.3) is 0 Å². The molecule has 0 aliphatic heterocycles. The van der Waals surface area contributed by atoms with Crippen molar-refractivity contribution < 1.29 is 0 Å². The molecule has 1 aliphatic rings. The molecule has 17 heavy (non-hydrogen) atoms. The second kappa shape index (κ2) is 4.30. The molecule has 0 amide bonds. The van der Waals surface area contributed by atoms with Crippen molar-refractivity contribution in [2.45, 2.75) is 32.6 Å². The van der Waals surface area contributed by atoms with E-state index in [4.69, 9.17) is 0 Å². The highest BCUT2D eigenvalue weighted by Gasteiger charge is 2.32. The van der Waals surface area contributed by atoms with Crippen molar-refractivity contribution in [1.82, 2.24) is 0 Å². The van der Waals surface area contributed by atoms with E-state index in [2.05, 4.69) is 50.2 Å². The first-order valence-corrected chi connectivity index (χ1v) is 7.27. The molecule has 2 atom stereocenters. The summed E-state index contributed by atoms with van der Waals surface area (Å²) in [6, 6.07) is 13.4. The molecule has 1 heterocycles. The lowest BCUT2D eigenvalue weighted by Crippen LogP contribution is -2.05. The molecule has 3 rings (SSSR count). The van der Waals surface area contributed by atoms with Gasteiger partial charge in [0.2, 0.25) is 0 Å². The van der Waals surface area contributed by atoms with Gasteiger partial charge in [-0.2, -0.15) is 0 Å². The summed E-state index contributed by atoms with van der Waals surface area (Å²) >= 11 is 2.02. The molecule has 1 aromatic heterocycles. The minimum Gasteiger partial charge on any atom is -0.145 e. The van der Waals surface area contributed by atoms with E-state index in [0.29, 0.717) is 5.92 Å². The van der Waals surface area contributed by atoms with Crippen molar-refractivity contribution in [3.8, 4) is 0 Å². The third-order valence-corrected chi connectivity index (χ3v) is 5.13. The maximum atomic E-state index is 2.45. The summed E-state index contributed by atoms with van der Waals surface area (Å²) in [7, 11) is 0. The summed E-state index contributed by atoms with van der Waals surface area (Å²) in [6.45, 7) is 4.64. The lowest BCUT2D eigenvalue weighted by atomic mass is 9.87. The highest BCUT2D eigenvalue weighted by Crippen LogP contribution is 2.45. The van der Waals surface area contributed by atoms with Crippen LogP contribution in [0, 0.1) is 5.92 Å². The number of thiophene rings is 1. The van der Waals surface area contributed by atoms with Crippen LogP contribution in [0.4, 0.5) is 0 Å². The summed E-state index contributed by atoms with van der Waals surface area (Å²) in [5.41, 5.74) is 3.09. The van der Waals surface area contributed by atoms with Gasteiger partial charge in [-0.15, -0.1) is 11.3 Å². The average molecular weight is 242 g/mol. The van der Waals surface area contributed by atoms with Gasteiger partial charge in [-0.05, 0) is 36.0 Å². The van der Waals surface area contributed by atoms with Crippen LogP contribution in [0.1, 0.15) is 40.6 Å². The van der Waals surface area contributed by atoms with Gasteiger partial charge in [-0.1, -0.05) is 44.2 Å². The fourth-order valence-electron chi connectivity index (χ4n) is 2.98. The zero-order valence-corrected chi connectivity index (χ0v) is 11.3. The zero-order chi connectivity index (χ0) is 11.8. The van der Waals surface area contributed by atoms with Gasteiger partial charge >= 0.3 is 0 Å². The Hall–Kier alpha value is -1.08. The molecule has 0 radical (unpaired) electrons. The number of hydrogen-bond donors (Lipinski definition) is 0. The minimum atomic E-state index is 0.628. The molecule has 0 spiro atoms. The van der Waals surface area contributed by atoms with Gasteiger partial charge in [0.25, 0.3) is 0 Å². The number of hydrogen-bond acceptors (Lipinski definition) is 1. The van der Waals surface area contributed by atoms with Crippen molar-refractivity contribution in [3.63, 3.8) is 0 Å². The molecule has 1 heteroatoms. The fourth-order valence-corrected chi connectivity index (χ4v) is 4.28. The Labute approximate surface area is 107 Å². The van der Waals surface area contributed by atoms with E-state index in [-0.39, 0.29) is 0 Å². The third kappa shape index (κ3) is 1.83. The maximum Gasteiger partial charge on any atom is 0.0129 e. The van der Waals surface area contributed by atoms with Gasteiger partial charge in [-0.25, -0.2) is 0 Å². The van der Waals surface area contributed by atoms with Crippen molar-refractivity contribution in [2.75, 3.05) is 0 Å². The maximum absolute atomic E-state index is 2.45. The molecule has 0 fully saturated rings. The second-order valence-electron chi connectivity index (χ2n) is 5.01. The van der Waals surface area contributed by atoms with E-state index in [1.807, 2.05) is 11.3 Å². The van der Waals surface area contributed by atoms with Crippen LogP contribution in [0.2, 0.25) is 0 Å². The molecule has 88 valence electrons. The Kier molecular flexibility index (Phi) is 2.79. The van der Waals surface area contributed by atoms with Crippen molar-refractivity contribution in [3.05, 3.63) is 57.3 Å². The Bertz CT molecular complexity index is 510. The van der Waals surface area contributed by atoms with Gasteiger partial charge in [0, 0.05) is 15.7 Å². The van der Waals surface area contributed by atoms with Gasteiger partial charge < -0.3 is 0 Å². The zero-order valence-electron chi connectivity index (χ0n) is 10.4. The third-order valence-electron chi connectivity index (χ3n) is 3.81. The Morgan fingerprint density at radius 3 is 2.71 bits per heavy atom. The molecule has 0 saturated heterocycles. The van der Waals surface area contributed by atoms with Crippen LogP contribution in [0.5, 0.6) is 0 Å². The monoisotopic (exact) mass is 242 g/mol. The molecule has 0 nitrogen and oxygen atoms in total. The average Bonchev–Trinajstić information content (AvgIpc) is 2.86. The molecule has 1 aromatic carbocycles. The predicted octanol–water partition coefficient (Wildman–Crippen LogP) is 4.63. The van der Waals surface area contributed by atoms with Crippen molar-refractivity contribution in [1.29, 1.82) is 0 Å².